The van der Waals surface area contributed by atoms with E-state index in [1.54, 1.807) is 7.11 Å². The molecule has 1 N–H and O–H groups in total. The van der Waals surface area contributed by atoms with Crippen LogP contribution < -0.4 is 5.43 Å². The van der Waals surface area contributed by atoms with Crippen LogP contribution in [0.1, 0.15) is 77.0 Å². The first-order valence-corrected chi connectivity index (χ1v) is 9.85. The average molecular weight is 322 g/mol. The van der Waals surface area contributed by atoms with Gasteiger partial charge in [0.15, 0.2) is 0 Å². The molecule has 3 rings (SSSR count). The van der Waals surface area contributed by atoms with Gasteiger partial charge in [0.25, 0.3) is 0 Å². The predicted octanol–water partition coefficient (Wildman–Crippen LogP) is 3.66. The van der Waals surface area contributed by atoms with Crippen LogP contribution in [0.25, 0.3) is 0 Å². The molecule has 3 aliphatic rings. The summed E-state index contributed by atoms with van der Waals surface area (Å²) in [4.78, 5) is 12.3. The summed E-state index contributed by atoms with van der Waals surface area (Å²) in [5.74, 6) is 0.545. The van der Waals surface area contributed by atoms with Crippen LogP contribution in [0.4, 0.5) is 0 Å². The van der Waals surface area contributed by atoms with Crippen molar-refractivity contribution < 1.29 is 9.53 Å². The number of nitrogens with zero attached hydrogens (tertiary/aromatic N) is 1. The van der Waals surface area contributed by atoms with E-state index >= 15 is 0 Å². The molecule has 4 nitrogen and oxygen atoms in total. The quantitative estimate of drug-likeness (QED) is 0.748. The Bertz CT molecular complexity index is 401. The molecule has 2 heterocycles. The van der Waals surface area contributed by atoms with Gasteiger partial charge in [0.05, 0.1) is 12.5 Å². The lowest BCUT2D eigenvalue weighted by Gasteiger charge is -2.27. The summed E-state index contributed by atoms with van der Waals surface area (Å²) in [6.07, 6.45) is 15.6. The highest BCUT2D eigenvalue weighted by Crippen LogP contribution is 2.55. The molecule has 2 aliphatic heterocycles. The number of rotatable bonds is 1. The number of hydrogen-bond donors (Lipinski definition) is 1. The van der Waals surface area contributed by atoms with Gasteiger partial charge in [-0.15, -0.1) is 0 Å². The molecule has 4 heteroatoms. The monoisotopic (exact) mass is 322 g/mol. The van der Waals surface area contributed by atoms with Crippen LogP contribution >= 0.6 is 0 Å². The van der Waals surface area contributed by atoms with Crippen molar-refractivity contribution in [2.45, 2.75) is 83.1 Å². The summed E-state index contributed by atoms with van der Waals surface area (Å²) in [6.45, 7) is 1.91. The van der Waals surface area contributed by atoms with Crippen LogP contribution in [0.3, 0.4) is 0 Å². The minimum absolute atomic E-state index is 0.00932. The van der Waals surface area contributed by atoms with Crippen molar-refractivity contribution in [1.29, 1.82) is 0 Å². The van der Waals surface area contributed by atoms with Gasteiger partial charge in [-0.1, -0.05) is 44.9 Å². The van der Waals surface area contributed by atoms with Crippen LogP contribution in [0.5, 0.6) is 0 Å². The van der Waals surface area contributed by atoms with Crippen molar-refractivity contribution >= 4 is 5.97 Å². The van der Waals surface area contributed by atoms with E-state index < -0.39 is 0 Å². The smallest absolute Gasteiger partial charge is 0.313 e. The van der Waals surface area contributed by atoms with Gasteiger partial charge in [-0.05, 0) is 38.0 Å². The van der Waals surface area contributed by atoms with E-state index in [1.165, 1.54) is 70.6 Å². The minimum atomic E-state index is -0.234. The molecule has 0 spiro atoms. The summed E-state index contributed by atoms with van der Waals surface area (Å²) in [5.41, 5.74) is 3.40. The molecular formula is C19H34N2O2. The first-order chi connectivity index (χ1) is 11.3. The number of carbonyl (C=O) groups excluding carboxylic acids is 1. The van der Waals surface area contributed by atoms with Gasteiger partial charge < -0.3 is 4.74 Å². The van der Waals surface area contributed by atoms with Crippen LogP contribution in [-0.2, 0) is 9.53 Å². The number of esters is 1. The van der Waals surface area contributed by atoms with Crippen LogP contribution in [0.2, 0.25) is 0 Å². The van der Waals surface area contributed by atoms with Crippen LogP contribution in [0, 0.1) is 11.3 Å². The van der Waals surface area contributed by atoms with Gasteiger partial charge in [-0.3, -0.25) is 10.2 Å². The summed E-state index contributed by atoms with van der Waals surface area (Å²) in [7, 11) is 1.54. The Morgan fingerprint density at radius 3 is 2.39 bits per heavy atom. The number of carbonyl (C=O) groups is 1. The zero-order valence-corrected chi connectivity index (χ0v) is 14.8. The highest BCUT2D eigenvalue weighted by molar-refractivity contribution is 5.80. The summed E-state index contributed by atoms with van der Waals surface area (Å²) >= 11 is 0. The molecule has 2 saturated heterocycles. The third kappa shape index (κ3) is 4.08. The number of ether oxygens (including phenoxy) is 1. The third-order valence-electron chi connectivity index (χ3n) is 6.39. The fourth-order valence-electron chi connectivity index (χ4n) is 4.74. The molecule has 1 aliphatic carbocycles. The fraction of sp³-hybridized carbons (Fsp3) is 0.947. The molecular weight excluding hydrogens is 288 g/mol. The maximum atomic E-state index is 12.3. The van der Waals surface area contributed by atoms with E-state index in [4.69, 9.17) is 4.74 Å². The Balaban J connectivity index is 1.62. The van der Waals surface area contributed by atoms with Crippen molar-refractivity contribution in [3.05, 3.63) is 0 Å². The molecule has 3 atom stereocenters. The lowest BCUT2D eigenvalue weighted by Crippen LogP contribution is -2.46. The van der Waals surface area contributed by atoms with E-state index in [0.717, 1.165) is 19.5 Å². The number of hydrogen-bond acceptors (Lipinski definition) is 4. The molecule has 0 amide bonds. The second kappa shape index (κ2) is 7.98. The topological polar surface area (TPSA) is 41.6 Å². The SMILES string of the molecule is COC(=O)C12CNN3CCCC3CCCCCCCCCC1C2. The first-order valence-electron chi connectivity index (χ1n) is 9.85. The molecule has 3 unspecified atom stereocenters. The Hall–Kier alpha value is -0.610. The van der Waals surface area contributed by atoms with E-state index in [2.05, 4.69) is 10.4 Å². The Labute approximate surface area is 141 Å². The molecule has 0 aromatic carbocycles. The van der Waals surface area contributed by atoms with Crippen molar-refractivity contribution in [3.63, 3.8) is 0 Å². The van der Waals surface area contributed by atoms with Gasteiger partial charge >= 0.3 is 5.97 Å². The average Bonchev–Trinajstić information content (AvgIpc) is 3.09. The van der Waals surface area contributed by atoms with Crippen molar-refractivity contribution in [1.82, 2.24) is 10.4 Å². The van der Waals surface area contributed by atoms with E-state index in [1.807, 2.05) is 0 Å². The molecule has 0 radical (unpaired) electrons. The number of methoxy groups -OCH3 is 1. The van der Waals surface area contributed by atoms with Gasteiger partial charge in [0.2, 0.25) is 0 Å². The second-order valence-corrected chi connectivity index (χ2v) is 7.93. The maximum Gasteiger partial charge on any atom is 0.313 e. The molecule has 0 aromatic rings. The van der Waals surface area contributed by atoms with Crippen LogP contribution in [0.15, 0.2) is 0 Å². The highest BCUT2D eigenvalue weighted by Gasteiger charge is 2.60. The van der Waals surface area contributed by atoms with Gasteiger partial charge in [0.1, 0.15) is 0 Å². The maximum absolute atomic E-state index is 12.3. The molecule has 3 fully saturated rings. The van der Waals surface area contributed by atoms with Gasteiger partial charge in [0, 0.05) is 19.1 Å². The highest BCUT2D eigenvalue weighted by atomic mass is 16.5. The number of nitrogens with one attached hydrogen (secondary N) is 1. The summed E-state index contributed by atoms with van der Waals surface area (Å²) in [5, 5.41) is 2.43. The molecule has 1 saturated carbocycles. The Morgan fingerprint density at radius 2 is 1.65 bits per heavy atom. The molecule has 0 bridgehead atoms. The third-order valence-corrected chi connectivity index (χ3v) is 6.39. The van der Waals surface area contributed by atoms with E-state index in [-0.39, 0.29) is 11.4 Å². The lowest BCUT2D eigenvalue weighted by molar-refractivity contribution is -0.148. The zero-order valence-electron chi connectivity index (χ0n) is 14.8. The minimum Gasteiger partial charge on any atom is -0.469 e. The van der Waals surface area contributed by atoms with E-state index in [0.29, 0.717) is 12.0 Å². The normalized spacial score (nSPS) is 37.1. The standard InChI is InChI=1S/C19H34N2O2/c1-23-18(22)19-14-16(19)10-7-5-3-2-4-6-8-11-17-12-9-13-21(17)20-15-19/h16-17,20H,2-15H2,1H3. The molecule has 132 valence electrons. The van der Waals surface area contributed by atoms with Crippen molar-refractivity contribution in [2.24, 2.45) is 11.3 Å². The van der Waals surface area contributed by atoms with E-state index in [9.17, 15) is 4.79 Å². The summed E-state index contributed by atoms with van der Waals surface area (Å²) < 4.78 is 5.14. The first kappa shape index (κ1) is 17.2. The summed E-state index contributed by atoms with van der Waals surface area (Å²) in [6, 6.07) is 0.673. The fourth-order valence-corrected chi connectivity index (χ4v) is 4.74. The predicted molar refractivity (Wildman–Crippen MR) is 91.8 cm³/mol. The Kier molecular flexibility index (Phi) is 5.97. The largest absolute Gasteiger partial charge is 0.469 e. The zero-order chi connectivity index (χ0) is 16.1. The Morgan fingerprint density at radius 1 is 1.00 bits per heavy atom. The van der Waals surface area contributed by atoms with Crippen LogP contribution in [-0.4, -0.2) is 37.2 Å². The molecule has 23 heavy (non-hydrogen) atoms. The number of hydrazine groups is 1. The van der Waals surface area contributed by atoms with Gasteiger partial charge in [-0.2, -0.15) is 0 Å². The number of fused-ring (bicyclic) bond motifs is 2. The van der Waals surface area contributed by atoms with Gasteiger partial charge in [-0.25, -0.2) is 5.01 Å². The molecule has 0 aromatic heterocycles. The lowest BCUT2D eigenvalue weighted by atomic mass is 9.99. The van der Waals surface area contributed by atoms with Crippen molar-refractivity contribution in [3.8, 4) is 0 Å². The van der Waals surface area contributed by atoms with Crippen molar-refractivity contribution in [2.75, 3.05) is 20.2 Å². The second-order valence-electron chi connectivity index (χ2n) is 7.93.